The summed E-state index contributed by atoms with van der Waals surface area (Å²) < 4.78 is 15.3. The van der Waals surface area contributed by atoms with E-state index >= 15 is 0 Å². The molecule has 0 atom stereocenters. The highest BCUT2D eigenvalue weighted by Crippen LogP contribution is 2.22. The topological polar surface area (TPSA) is 64.0 Å². The van der Waals surface area contributed by atoms with Crippen LogP contribution in [0.5, 0.6) is 0 Å². The van der Waals surface area contributed by atoms with Gasteiger partial charge < -0.3 is 5.32 Å². The zero-order valence-corrected chi connectivity index (χ0v) is 18.6. The molecule has 3 aromatic carbocycles. The molecular formula is C25H22FN3O2S. The number of fused-ring (bicyclic) bond motifs is 1. The van der Waals surface area contributed by atoms with Gasteiger partial charge in [-0.15, -0.1) is 0 Å². The standard InChI is InChI=1S/C25H22FN3O2S/c1-16-11-17(2)13-19(12-16)29-24(31)20-8-4-6-10-22(20)28-25(29)32-15-23(30)27-14-18-7-3-5-9-21(18)26/h3-13H,14-15H2,1-2H3,(H,27,30). The Morgan fingerprint density at radius 3 is 2.47 bits per heavy atom. The van der Waals surface area contributed by atoms with Crippen LogP contribution in [-0.4, -0.2) is 21.2 Å². The maximum absolute atomic E-state index is 13.8. The van der Waals surface area contributed by atoms with Crippen LogP contribution in [0.3, 0.4) is 0 Å². The molecule has 0 radical (unpaired) electrons. The Kier molecular flexibility index (Phi) is 6.37. The van der Waals surface area contributed by atoms with Crippen molar-refractivity contribution in [2.75, 3.05) is 5.75 Å². The lowest BCUT2D eigenvalue weighted by Crippen LogP contribution is -2.26. The highest BCUT2D eigenvalue weighted by molar-refractivity contribution is 7.99. The Bertz CT molecular complexity index is 1350. The van der Waals surface area contributed by atoms with Gasteiger partial charge in [-0.2, -0.15) is 0 Å². The van der Waals surface area contributed by atoms with Crippen molar-refractivity contribution in [2.45, 2.75) is 25.5 Å². The molecule has 4 aromatic rings. The fraction of sp³-hybridized carbons (Fsp3) is 0.160. The molecule has 0 aliphatic heterocycles. The number of carbonyl (C=O) groups excluding carboxylic acids is 1. The van der Waals surface area contributed by atoms with Gasteiger partial charge >= 0.3 is 0 Å². The number of benzene rings is 3. The quantitative estimate of drug-likeness (QED) is 0.348. The van der Waals surface area contributed by atoms with E-state index in [0.717, 1.165) is 11.1 Å². The molecule has 0 aliphatic rings. The number of amides is 1. The molecule has 1 heterocycles. The van der Waals surface area contributed by atoms with Gasteiger partial charge in [0.25, 0.3) is 5.56 Å². The number of hydrogen-bond acceptors (Lipinski definition) is 4. The van der Waals surface area contributed by atoms with E-state index in [1.165, 1.54) is 17.8 Å². The number of halogens is 1. The highest BCUT2D eigenvalue weighted by atomic mass is 32.2. The Morgan fingerprint density at radius 1 is 1.03 bits per heavy atom. The Labute approximate surface area is 189 Å². The first kappa shape index (κ1) is 21.8. The van der Waals surface area contributed by atoms with Crippen LogP contribution in [-0.2, 0) is 11.3 Å². The van der Waals surface area contributed by atoms with Crippen LogP contribution in [0.4, 0.5) is 4.39 Å². The average molecular weight is 448 g/mol. The molecule has 0 fully saturated rings. The molecule has 0 unspecified atom stereocenters. The van der Waals surface area contributed by atoms with Crippen molar-refractivity contribution >= 4 is 28.6 Å². The fourth-order valence-electron chi connectivity index (χ4n) is 3.53. The van der Waals surface area contributed by atoms with Crippen molar-refractivity contribution in [1.29, 1.82) is 0 Å². The Balaban J connectivity index is 1.63. The highest BCUT2D eigenvalue weighted by Gasteiger charge is 2.15. The van der Waals surface area contributed by atoms with Crippen LogP contribution < -0.4 is 10.9 Å². The van der Waals surface area contributed by atoms with Gasteiger partial charge in [0.2, 0.25) is 5.91 Å². The zero-order valence-electron chi connectivity index (χ0n) is 17.8. The molecule has 0 saturated carbocycles. The van der Waals surface area contributed by atoms with E-state index < -0.39 is 0 Å². The largest absolute Gasteiger partial charge is 0.351 e. The number of hydrogen-bond donors (Lipinski definition) is 1. The number of carbonyl (C=O) groups is 1. The smallest absolute Gasteiger partial charge is 0.266 e. The zero-order chi connectivity index (χ0) is 22.7. The molecule has 0 saturated heterocycles. The molecule has 32 heavy (non-hydrogen) atoms. The van der Waals surface area contributed by atoms with Crippen molar-refractivity contribution < 1.29 is 9.18 Å². The van der Waals surface area contributed by atoms with E-state index in [9.17, 15) is 14.0 Å². The first-order valence-corrected chi connectivity index (χ1v) is 11.1. The van der Waals surface area contributed by atoms with Crippen molar-refractivity contribution in [2.24, 2.45) is 0 Å². The third-order valence-corrected chi connectivity index (χ3v) is 5.91. The lowest BCUT2D eigenvalue weighted by atomic mass is 10.1. The summed E-state index contributed by atoms with van der Waals surface area (Å²) in [5.74, 6) is -0.586. The summed E-state index contributed by atoms with van der Waals surface area (Å²) >= 11 is 1.18. The third kappa shape index (κ3) is 4.73. The molecule has 5 nitrogen and oxygen atoms in total. The number of aromatic nitrogens is 2. The molecule has 1 amide bonds. The number of aryl methyl sites for hydroxylation is 2. The van der Waals surface area contributed by atoms with Gasteiger partial charge in [0, 0.05) is 12.1 Å². The summed E-state index contributed by atoms with van der Waals surface area (Å²) in [4.78, 5) is 30.4. The Hall–Kier alpha value is -3.45. The van der Waals surface area contributed by atoms with Crippen LogP contribution in [0.15, 0.2) is 76.7 Å². The maximum Gasteiger partial charge on any atom is 0.266 e. The van der Waals surface area contributed by atoms with Gasteiger partial charge in [0.05, 0.1) is 22.3 Å². The minimum Gasteiger partial charge on any atom is -0.351 e. The predicted molar refractivity (Wildman–Crippen MR) is 126 cm³/mol. The van der Waals surface area contributed by atoms with E-state index in [-0.39, 0.29) is 29.6 Å². The van der Waals surface area contributed by atoms with Crippen LogP contribution in [0.2, 0.25) is 0 Å². The van der Waals surface area contributed by atoms with Gasteiger partial charge in [0.15, 0.2) is 5.16 Å². The molecule has 0 bridgehead atoms. The van der Waals surface area contributed by atoms with Gasteiger partial charge in [-0.25, -0.2) is 9.37 Å². The summed E-state index contributed by atoms with van der Waals surface area (Å²) in [5.41, 5.74) is 3.57. The lowest BCUT2D eigenvalue weighted by Gasteiger charge is -2.14. The lowest BCUT2D eigenvalue weighted by molar-refractivity contribution is -0.118. The Morgan fingerprint density at radius 2 is 1.72 bits per heavy atom. The second kappa shape index (κ2) is 9.36. The SMILES string of the molecule is Cc1cc(C)cc(-n2c(SCC(=O)NCc3ccccc3F)nc3ccccc3c2=O)c1. The van der Waals surface area contributed by atoms with Crippen molar-refractivity contribution in [3.8, 4) is 5.69 Å². The third-order valence-electron chi connectivity index (χ3n) is 4.98. The molecule has 0 aliphatic carbocycles. The second-order valence-electron chi connectivity index (χ2n) is 7.55. The molecular weight excluding hydrogens is 425 g/mol. The summed E-state index contributed by atoms with van der Waals surface area (Å²) in [7, 11) is 0. The van der Waals surface area contributed by atoms with E-state index in [2.05, 4.69) is 10.3 Å². The number of nitrogens with one attached hydrogen (secondary N) is 1. The van der Waals surface area contributed by atoms with Crippen LogP contribution >= 0.6 is 11.8 Å². The number of nitrogens with zero attached hydrogens (tertiary/aromatic N) is 2. The van der Waals surface area contributed by atoms with Crippen molar-refractivity contribution in [3.05, 3.63) is 99.6 Å². The summed E-state index contributed by atoms with van der Waals surface area (Å²) in [6, 6.07) is 19.4. The minimum absolute atomic E-state index is 0.0457. The van der Waals surface area contributed by atoms with Gasteiger partial charge in [0.1, 0.15) is 5.82 Å². The number of rotatable bonds is 6. The predicted octanol–water partition coefficient (Wildman–Crippen LogP) is 4.55. The second-order valence-corrected chi connectivity index (χ2v) is 8.50. The van der Waals surface area contributed by atoms with Gasteiger partial charge in [-0.05, 0) is 55.3 Å². The maximum atomic E-state index is 13.8. The van der Waals surface area contributed by atoms with E-state index in [1.54, 1.807) is 41.0 Å². The van der Waals surface area contributed by atoms with E-state index in [4.69, 9.17) is 0 Å². The fourth-order valence-corrected chi connectivity index (χ4v) is 4.38. The van der Waals surface area contributed by atoms with E-state index in [0.29, 0.717) is 27.3 Å². The molecule has 1 aromatic heterocycles. The number of para-hydroxylation sites is 1. The molecule has 7 heteroatoms. The van der Waals surface area contributed by atoms with E-state index in [1.807, 2.05) is 38.1 Å². The molecule has 4 rings (SSSR count). The first-order valence-electron chi connectivity index (χ1n) is 10.2. The average Bonchev–Trinajstić information content (AvgIpc) is 2.76. The summed E-state index contributed by atoms with van der Waals surface area (Å²) in [5, 5.41) is 3.67. The monoisotopic (exact) mass is 447 g/mol. The molecule has 1 N–H and O–H groups in total. The number of thioether (sulfide) groups is 1. The molecule has 0 spiro atoms. The normalized spacial score (nSPS) is 11.0. The summed E-state index contributed by atoms with van der Waals surface area (Å²) in [6.07, 6.45) is 0. The van der Waals surface area contributed by atoms with Gasteiger partial charge in [-0.3, -0.25) is 14.2 Å². The molecule has 162 valence electrons. The summed E-state index contributed by atoms with van der Waals surface area (Å²) in [6.45, 7) is 4.04. The van der Waals surface area contributed by atoms with Crippen LogP contribution in [0, 0.1) is 19.7 Å². The van der Waals surface area contributed by atoms with Crippen molar-refractivity contribution in [1.82, 2.24) is 14.9 Å². The van der Waals surface area contributed by atoms with Crippen LogP contribution in [0.25, 0.3) is 16.6 Å². The minimum atomic E-state index is -0.361. The first-order chi connectivity index (χ1) is 15.4. The van der Waals surface area contributed by atoms with Crippen molar-refractivity contribution in [3.63, 3.8) is 0 Å². The van der Waals surface area contributed by atoms with Crippen LogP contribution in [0.1, 0.15) is 16.7 Å². The van der Waals surface area contributed by atoms with Gasteiger partial charge in [-0.1, -0.05) is 48.2 Å².